The summed E-state index contributed by atoms with van der Waals surface area (Å²) in [6.07, 6.45) is 11.9. The molecule has 9 rings (SSSR count). The van der Waals surface area contributed by atoms with Crippen molar-refractivity contribution in [2.24, 2.45) is 13.0 Å². The van der Waals surface area contributed by atoms with Crippen molar-refractivity contribution in [2.45, 2.75) is 113 Å². The molecule has 5 aromatic rings. The van der Waals surface area contributed by atoms with Gasteiger partial charge in [-0.05, 0) is 126 Å². The summed E-state index contributed by atoms with van der Waals surface area (Å²) in [5.41, 5.74) is 3.21. The number of likely N-dealkylation sites (tertiary alicyclic amines) is 1. The van der Waals surface area contributed by atoms with E-state index in [2.05, 4.69) is 42.4 Å². The van der Waals surface area contributed by atoms with Crippen LogP contribution in [0.4, 0.5) is 16.0 Å². The third kappa shape index (κ3) is 8.89. The number of anilines is 2. The van der Waals surface area contributed by atoms with Crippen molar-refractivity contribution in [1.29, 1.82) is 0 Å². The first kappa shape index (κ1) is 43.9. The number of nitrogens with one attached hydrogen (secondary N) is 3. The quantitative estimate of drug-likeness (QED) is 0.100. The van der Waals surface area contributed by atoms with Gasteiger partial charge in [-0.2, -0.15) is 4.98 Å². The van der Waals surface area contributed by atoms with Gasteiger partial charge in [-0.15, -0.1) is 0 Å². The number of nitrogens with zero attached hydrogens (tertiary/aromatic N) is 6. The van der Waals surface area contributed by atoms with Crippen LogP contribution in [0.5, 0.6) is 0 Å². The van der Waals surface area contributed by atoms with Gasteiger partial charge >= 0.3 is 5.69 Å². The van der Waals surface area contributed by atoms with Crippen molar-refractivity contribution in [3.05, 3.63) is 86.4 Å². The Balaban J connectivity index is 0.719. The number of carbonyl (C=O) groups excluding carboxylic acids is 2. The van der Waals surface area contributed by atoms with E-state index in [1.807, 2.05) is 6.07 Å². The molecule has 16 nitrogen and oxygen atoms in total. The van der Waals surface area contributed by atoms with Gasteiger partial charge in [-0.3, -0.25) is 33.4 Å². The van der Waals surface area contributed by atoms with Crippen molar-refractivity contribution in [3.63, 3.8) is 0 Å². The standard InChI is InChI=1S/C46H56FN9O7S/c1-28-35(50-45-48-26-32-10-18-41(58)55(43(32)52-45)33-5-3-4-6-33)13-16-39(42(28)47)64(61,62)49-21-24-63-34-11-7-29(8-12-34)27-54-22-19-30(20-23-54)31-9-14-36-38(25-31)53(2)46(60)56(36)37-15-17-40(57)51-44(37)59/h9-10,13-14,16,18,25-26,29-30,33-34,37,49H,3-8,11-12,15,17,19-24,27H2,1-2H3,(H,48,50,52)(H,51,57,59). The van der Waals surface area contributed by atoms with Crippen molar-refractivity contribution in [3.8, 4) is 0 Å². The highest BCUT2D eigenvalue weighted by molar-refractivity contribution is 7.89. The number of amides is 2. The van der Waals surface area contributed by atoms with Crippen LogP contribution in [-0.2, 0) is 31.4 Å². The summed E-state index contributed by atoms with van der Waals surface area (Å²) < 4.78 is 55.6. The number of fused-ring (bicyclic) bond motifs is 2. The maximum absolute atomic E-state index is 15.7. The van der Waals surface area contributed by atoms with Gasteiger partial charge in [0.2, 0.25) is 27.8 Å². The van der Waals surface area contributed by atoms with Gasteiger partial charge in [0.1, 0.15) is 22.4 Å². The van der Waals surface area contributed by atoms with Gasteiger partial charge in [0, 0.05) is 61.5 Å². The molecule has 18 heteroatoms. The molecule has 1 atom stereocenters. The Morgan fingerprint density at radius 2 is 1.66 bits per heavy atom. The zero-order valence-electron chi connectivity index (χ0n) is 36.4. The second-order valence-corrected chi connectivity index (χ2v) is 19.8. The van der Waals surface area contributed by atoms with Gasteiger partial charge in [-0.25, -0.2) is 27.3 Å². The fourth-order valence-electron chi connectivity index (χ4n) is 10.4. The van der Waals surface area contributed by atoms with Crippen molar-refractivity contribution in [1.82, 2.24) is 38.6 Å². The van der Waals surface area contributed by atoms with Crippen LogP contribution in [0, 0.1) is 18.7 Å². The summed E-state index contributed by atoms with van der Waals surface area (Å²) in [7, 11) is -2.44. The van der Waals surface area contributed by atoms with Gasteiger partial charge in [0.15, 0.2) is 0 Å². The number of imide groups is 1. The molecule has 4 aliphatic rings. The Kier molecular flexibility index (Phi) is 12.6. The molecule has 2 amide bonds. The zero-order valence-corrected chi connectivity index (χ0v) is 37.2. The van der Waals surface area contributed by atoms with E-state index in [0.29, 0.717) is 35.1 Å². The predicted molar refractivity (Wildman–Crippen MR) is 240 cm³/mol. The molecule has 3 N–H and O–H groups in total. The summed E-state index contributed by atoms with van der Waals surface area (Å²) >= 11 is 0. The van der Waals surface area contributed by atoms with Crippen LogP contribution in [0.25, 0.3) is 22.1 Å². The molecule has 2 saturated carbocycles. The Bertz CT molecular complexity index is 2820. The molecule has 2 saturated heterocycles. The van der Waals surface area contributed by atoms with E-state index in [1.54, 1.807) is 28.4 Å². The number of halogens is 1. The van der Waals surface area contributed by atoms with E-state index in [-0.39, 0.29) is 60.4 Å². The van der Waals surface area contributed by atoms with Crippen molar-refractivity contribution >= 4 is 55.5 Å². The fraction of sp³-hybridized carbons (Fsp3) is 0.522. The van der Waals surface area contributed by atoms with E-state index in [1.165, 1.54) is 35.3 Å². The molecule has 64 heavy (non-hydrogen) atoms. The molecule has 2 aromatic carbocycles. The molecule has 2 aliphatic heterocycles. The predicted octanol–water partition coefficient (Wildman–Crippen LogP) is 5.46. The highest BCUT2D eigenvalue weighted by atomic mass is 32.2. The van der Waals surface area contributed by atoms with Gasteiger partial charge in [0.05, 0.1) is 23.7 Å². The lowest BCUT2D eigenvalue weighted by Crippen LogP contribution is -2.44. The third-order valence-electron chi connectivity index (χ3n) is 14.0. The van der Waals surface area contributed by atoms with E-state index in [9.17, 15) is 27.6 Å². The highest BCUT2D eigenvalue weighted by Gasteiger charge is 2.32. The minimum atomic E-state index is -4.17. The SMILES string of the molecule is Cc1c(Nc2ncc3ccc(=O)n(C4CCCC4)c3n2)ccc(S(=O)(=O)NCCOC2CCC(CN3CCC(c4ccc5c(c4)n(C)c(=O)n5C4CCC(=O)NC4=O)CC3)CC2)c1F. The maximum Gasteiger partial charge on any atom is 0.329 e. The zero-order chi connectivity index (χ0) is 44.7. The monoisotopic (exact) mass is 897 g/mol. The second kappa shape index (κ2) is 18.3. The lowest BCUT2D eigenvalue weighted by Gasteiger charge is -2.36. The summed E-state index contributed by atoms with van der Waals surface area (Å²) in [5, 5.41) is 6.11. The number of aryl methyl sites for hydroxylation is 1. The van der Waals surface area contributed by atoms with Gasteiger partial charge < -0.3 is 15.0 Å². The number of imidazole rings is 1. The summed E-state index contributed by atoms with van der Waals surface area (Å²) in [6.45, 7) is 4.68. The Morgan fingerprint density at radius 1 is 0.891 bits per heavy atom. The summed E-state index contributed by atoms with van der Waals surface area (Å²) in [5.74, 6) is -0.513. The average molecular weight is 898 g/mol. The average Bonchev–Trinajstić information content (AvgIpc) is 3.90. The number of pyridine rings is 1. The topological polar surface area (TPSA) is 192 Å². The second-order valence-electron chi connectivity index (χ2n) is 18.0. The normalized spacial score (nSPS) is 21.8. The van der Waals surface area contributed by atoms with E-state index < -0.39 is 32.7 Å². The van der Waals surface area contributed by atoms with Crippen molar-refractivity contribution < 1.29 is 27.1 Å². The Labute approximate surface area is 370 Å². The fourth-order valence-corrected chi connectivity index (χ4v) is 11.5. The first-order chi connectivity index (χ1) is 30.8. The molecule has 340 valence electrons. The molecule has 3 aromatic heterocycles. The largest absolute Gasteiger partial charge is 0.377 e. The lowest BCUT2D eigenvalue weighted by atomic mass is 9.85. The lowest BCUT2D eigenvalue weighted by molar-refractivity contribution is -0.135. The Hall–Kier alpha value is -5.30. The number of piperidine rings is 2. The highest BCUT2D eigenvalue weighted by Crippen LogP contribution is 2.35. The van der Waals surface area contributed by atoms with Gasteiger partial charge in [-0.1, -0.05) is 18.9 Å². The third-order valence-corrected chi connectivity index (χ3v) is 15.5. The van der Waals surface area contributed by atoms with Crippen molar-refractivity contribution in [2.75, 3.05) is 38.1 Å². The van der Waals surface area contributed by atoms with Crippen LogP contribution in [0.3, 0.4) is 0 Å². The molecule has 5 heterocycles. The number of sulfonamides is 1. The van der Waals surface area contributed by atoms with Crippen LogP contribution >= 0.6 is 0 Å². The van der Waals surface area contributed by atoms with E-state index >= 15 is 4.39 Å². The van der Waals surface area contributed by atoms with E-state index in [4.69, 9.17) is 4.74 Å². The number of carbonyl (C=O) groups is 2. The van der Waals surface area contributed by atoms with E-state index in [0.717, 1.165) is 94.7 Å². The van der Waals surface area contributed by atoms with Crippen LogP contribution in [-0.4, -0.2) is 87.7 Å². The van der Waals surface area contributed by atoms with Gasteiger partial charge in [0.25, 0.3) is 5.56 Å². The molecule has 4 fully saturated rings. The summed E-state index contributed by atoms with van der Waals surface area (Å²) in [4.78, 5) is 61.4. The minimum Gasteiger partial charge on any atom is -0.377 e. The maximum atomic E-state index is 15.7. The minimum absolute atomic E-state index is 0.0121. The van der Waals surface area contributed by atoms with Crippen LogP contribution in [0.2, 0.25) is 0 Å². The number of ether oxygens (including phenoxy) is 1. The molecule has 0 bridgehead atoms. The Morgan fingerprint density at radius 3 is 2.41 bits per heavy atom. The molecular weight excluding hydrogens is 842 g/mol. The number of hydrogen-bond acceptors (Lipinski definition) is 11. The molecule has 0 radical (unpaired) electrons. The number of aromatic nitrogens is 5. The smallest absolute Gasteiger partial charge is 0.329 e. The first-order valence-corrected chi connectivity index (χ1v) is 24.2. The molecule has 1 unspecified atom stereocenters. The number of benzene rings is 2. The van der Waals surface area contributed by atoms with Crippen LogP contribution < -0.4 is 26.6 Å². The summed E-state index contributed by atoms with van der Waals surface area (Å²) in [6, 6.07) is 11.4. The molecule has 0 spiro atoms. The number of hydrogen-bond donors (Lipinski definition) is 3. The van der Waals surface area contributed by atoms with Crippen LogP contribution in [0.15, 0.2) is 63.1 Å². The molecule has 2 aliphatic carbocycles. The first-order valence-electron chi connectivity index (χ1n) is 22.7. The molecular formula is C46H56FN9O7S. The van der Waals surface area contributed by atoms with Crippen LogP contribution in [0.1, 0.15) is 106 Å². The number of rotatable bonds is 13.